The molecule has 0 spiro atoms. The minimum absolute atomic E-state index is 0.269. The summed E-state index contributed by atoms with van der Waals surface area (Å²) in [7, 11) is 0. The van der Waals surface area contributed by atoms with E-state index in [0.29, 0.717) is 29.0 Å². The van der Waals surface area contributed by atoms with Crippen LogP contribution in [0.5, 0.6) is 0 Å². The molecular formula is C23H22N4O3. The van der Waals surface area contributed by atoms with Crippen LogP contribution in [0.1, 0.15) is 21.5 Å². The van der Waals surface area contributed by atoms with Crippen LogP contribution in [0, 0.1) is 0 Å². The van der Waals surface area contributed by atoms with Crippen molar-refractivity contribution in [2.45, 2.75) is 6.54 Å². The Morgan fingerprint density at radius 2 is 1.57 bits per heavy atom. The van der Waals surface area contributed by atoms with Gasteiger partial charge in [0.2, 0.25) is 0 Å². The van der Waals surface area contributed by atoms with E-state index < -0.39 is 5.91 Å². The summed E-state index contributed by atoms with van der Waals surface area (Å²) < 4.78 is 0. The maximum atomic E-state index is 12.6. The molecule has 7 nitrogen and oxygen atoms in total. The molecule has 7 heteroatoms. The van der Waals surface area contributed by atoms with E-state index in [4.69, 9.17) is 10.9 Å². The molecule has 0 aromatic heterocycles. The quantitative estimate of drug-likeness (QED) is 0.179. The van der Waals surface area contributed by atoms with Crippen molar-refractivity contribution in [3.63, 3.8) is 0 Å². The Bertz CT molecular complexity index is 1060. The molecule has 152 valence electrons. The normalized spacial score (nSPS) is 10.6. The van der Waals surface area contributed by atoms with E-state index in [1.807, 2.05) is 36.4 Å². The Balaban J connectivity index is 1.65. The van der Waals surface area contributed by atoms with E-state index in [0.717, 1.165) is 11.3 Å². The lowest BCUT2D eigenvalue weighted by molar-refractivity contribution is -0.124. The predicted octanol–water partition coefficient (Wildman–Crippen LogP) is 3.65. The molecule has 0 fully saturated rings. The molecule has 0 aliphatic rings. The van der Waals surface area contributed by atoms with Gasteiger partial charge in [0.1, 0.15) is 0 Å². The van der Waals surface area contributed by atoms with Gasteiger partial charge in [-0.1, -0.05) is 42.5 Å². The molecular weight excluding hydrogens is 380 g/mol. The van der Waals surface area contributed by atoms with Crippen LogP contribution in [0.4, 0.5) is 17.1 Å². The van der Waals surface area contributed by atoms with Crippen molar-refractivity contribution in [1.29, 1.82) is 0 Å². The first kappa shape index (κ1) is 20.6. The molecule has 30 heavy (non-hydrogen) atoms. The van der Waals surface area contributed by atoms with Gasteiger partial charge < -0.3 is 16.4 Å². The summed E-state index contributed by atoms with van der Waals surface area (Å²) in [6, 6.07) is 21.8. The molecule has 0 heterocycles. The van der Waals surface area contributed by atoms with Crippen molar-refractivity contribution >= 4 is 35.0 Å². The molecule has 3 aromatic rings. The van der Waals surface area contributed by atoms with Crippen molar-refractivity contribution in [3.8, 4) is 0 Å². The van der Waals surface area contributed by atoms with E-state index in [-0.39, 0.29) is 5.91 Å². The van der Waals surface area contributed by atoms with Gasteiger partial charge >= 0.3 is 0 Å². The van der Waals surface area contributed by atoms with E-state index in [2.05, 4.69) is 10.6 Å². The molecule has 0 radical (unpaired) electrons. The molecule has 3 rings (SSSR count). The number of nitrogen functional groups attached to an aromatic ring is 1. The third-order valence-corrected chi connectivity index (χ3v) is 4.39. The van der Waals surface area contributed by atoms with Gasteiger partial charge in [-0.15, -0.1) is 0 Å². The number of nitrogens with one attached hydrogen (secondary N) is 3. The first-order valence-corrected chi connectivity index (χ1v) is 9.26. The SMILES string of the molecule is Nc1ccccc1NCc1ccc(C(=O)Nc2ccccc2/C=C/C(=O)NO)cc1. The lowest BCUT2D eigenvalue weighted by Gasteiger charge is -2.11. The lowest BCUT2D eigenvalue weighted by Crippen LogP contribution is -2.15. The Hall–Kier alpha value is -4.10. The standard InChI is InChI=1S/C23H22N4O3/c24-19-6-2-4-8-21(19)25-15-16-9-11-18(12-10-16)23(29)26-20-7-3-1-5-17(20)13-14-22(28)27-30/h1-14,25,30H,15,24H2,(H,26,29)(H,27,28)/b14-13+. The van der Waals surface area contributed by atoms with Gasteiger partial charge in [0.25, 0.3) is 11.8 Å². The zero-order chi connectivity index (χ0) is 21.3. The summed E-state index contributed by atoms with van der Waals surface area (Å²) in [6.07, 6.45) is 2.68. The number of amides is 2. The van der Waals surface area contributed by atoms with Gasteiger partial charge in [-0.25, -0.2) is 5.48 Å². The largest absolute Gasteiger partial charge is 0.397 e. The number of hydrogen-bond donors (Lipinski definition) is 5. The number of benzene rings is 3. The molecule has 0 saturated heterocycles. The smallest absolute Gasteiger partial charge is 0.267 e. The molecule has 0 aliphatic carbocycles. The second-order valence-corrected chi connectivity index (χ2v) is 6.49. The van der Waals surface area contributed by atoms with Crippen LogP contribution in [0.15, 0.2) is 78.9 Å². The van der Waals surface area contributed by atoms with Gasteiger partial charge in [-0.2, -0.15) is 0 Å². The topological polar surface area (TPSA) is 116 Å². The Labute approximate surface area is 174 Å². The van der Waals surface area contributed by atoms with Crippen molar-refractivity contribution in [2.75, 3.05) is 16.4 Å². The highest BCUT2D eigenvalue weighted by Gasteiger charge is 2.08. The number of para-hydroxylation sites is 3. The molecule has 0 atom stereocenters. The molecule has 0 saturated carbocycles. The fourth-order valence-electron chi connectivity index (χ4n) is 2.78. The van der Waals surface area contributed by atoms with Crippen molar-refractivity contribution in [2.24, 2.45) is 0 Å². The number of hydroxylamine groups is 1. The van der Waals surface area contributed by atoms with Crippen LogP contribution in [-0.4, -0.2) is 17.0 Å². The molecule has 0 aliphatic heterocycles. The van der Waals surface area contributed by atoms with Crippen LogP contribution in [0.3, 0.4) is 0 Å². The number of carbonyl (C=O) groups is 2. The first-order valence-electron chi connectivity index (χ1n) is 9.26. The second kappa shape index (κ2) is 9.90. The van der Waals surface area contributed by atoms with Crippen LogP contribution in [0.25, 0.3) is 6.08 Å². The highest BCUT2D eigenvalue weighted by molar-refractivity contribution is 6.05. The van der Waals surface area contributed by atoms with Crippen LogP contribution >= 0.6 is 0 Å². The van der Waals surface area contributed by atoms with Gasteiger partial charge in [-0.05, 0) is 47.5 Å². The molecule has 6 N–H and O–H groups in total. The maximum absolute atomic E-state index is 12.6. The summed E-state index contributed by atoms with van der Waals surface area (Å²) in [5.41, 5.74) is 11.7. The third kappa shape index (κ3) is 5.46. The summed E-state index contributed by atoms with van der Waals surface area (Å²) in [6.45, 7) is 0.580. The summed E-state index contributed by atoms with van der Waals surface area (Å²) in [5, 5.41) is 14.7. The maximum Gasteiger partial charge on any atom is 0.267 e. The van der Waals surface area contributed by atoms with Gasteiger partial charge in [0.15, 0.2) is 0 Å². The number of rotatable bonds is 7. The molecule has 0 unspecified atom stereocenters. The highest BCUT2D eigenvalue weighted by atomic mass is 16.5. The molecule has 2 amide bonds. The van der Waals surface area contributed by atoms with E-state index >= 15 is 0 Å². The van der Waals surface area contributed by atoms with Crippen molar-refractivity contribution < 1.29 is 14.8 Å². The zero-order valence-corrected chi connectivity index (χ0v) is 16.1. The Morgan fingerprint density at radius 1 is 0.900 bits per heavy atom. The average Bonchev–Trinajstić information content (AvgIpc) is 2.78. The van der Waals surface area contributed by atoms with Crippen molar-refractivity contribution in [1.82, 2.24) is 5.48 Å². The Kier molecular flexibility index (Phi) is 6.81. The second-order valence-electron chi connectivity index (χ2n) is 6.49. The third-order valence-electron chi connectivity index (χ3n) is 4.39. The highest BCUT2D eigenvalue weighted by Crippen LogP contribution is 2.19. The van der Waals surface area contributed by atoms with Crippen LogP contribution in [0.2, 0.25) is 0 Å². The number of hydrogen-bond acceptors (Lipinski definition) is 5. The number of nitrogens with two attached hydrogens (primary N) is 1. The zero-order valence-electron chi connectivity index (χ0n) is 16.1. The van der Waals surface area contributed by atoms with E-state index in [9.17, 15) is 9.59 Å². The fourth-order valence-corrected chi connectivity index (χ4v) is 2.78. The van der Waals surface area contributed by atoms with Crippen LogP contribution < -0.4 is 21.8 Å². The molecule has 0 bridgehead atoms. The van der Waals surface area contributed by atoms with Crippen LogP contribution in [-0.2, 0) is 11.3 Å². The predicted molar refractivity (Wildman–Crippen MR) is 118 cm³/mol. The number of anilines is 3. The summed E-state index contributed by atoms with van der Waals surface area (Å²) >= 11 is 0. The fraction of sp³-hybridized carbons (Fsp3) is 0.0435. The Morgan fingerprint density at radius 3 is 2.27 bits per heavy atom. The lowest BCUT2D eigenvalue weighted by atomic mass is 10.1. The minimum Gasteiger partial charge on any atom is -0.397 e. The molecule has 3 aromatic carbocycles. The average molecular weight is 402 g/mol. The van der Waals surface area contributed by atoms with Gasteiger partial charge in [0.05, 0.1) is 11.4 Å². The summed E-state index contributed by atoms with van der Waals surface area (Å²) in [4.78, 5) is 23.8. The van der Waals surface area contributed by atoms with Crippen molar-refractivity contribution in [3.05, 3.63) is 95.6 Å². The minimum atomic E-state index is -0.655. The first-order chi connectivity index (χ1) is 14.6. The number of carbonyl (C=O) groups excluding carboxylic acids is 2. The van der Waals surface area contributed by atoms with Gasteiger partial charge in [0, 0.05) is 23.9 Å². The van der Waals surface area contributed by atoms with E-state index in [1.54, 1.807) is 36.4 Å². The monoisotopic (exact) mass is 402 g/mol. The van der Waals surface area contributed by atoms with E-state index in [1.165, 1.54) is 17.6 Å². The summed E-state index contributed by atoms with van der Waals surface area (Å²) in [5.74, 6) is -0.924. The van der Waals surface area contributed by atoms with Gasteiger partial charge in [-0.3, -0.25) is 14.8 Å².